The minimum atomic E-state index is -3.65. The van der Waals surface area contributed by atoms with Crippen LogP contribution in [0.1, 0.15) is 47.7 Å². The summed E-state index contributed by atoms with van der Waals surface area (Å²) in [6.45, 7) is 8.01. The lowest BCUT2D eigenvalue weighted by molar-refractivity contribution is 0.0910. The maximum atomic E-state index is 12.8. The third kappa shape index (κ3) is 5.69. The summed E-state index contributed by atoms with van der Waals surface area (Å²) in [4.78, 5) is 38.0. The molecule has 172 valence electrons. The van der Waals surface area contributed by atoms with Gasteiger partial charge in [-0.2, -0.15) is 0 Å². The van der Waals surface area contributed by atoms with Crippen LogP contribution in [0.5, 0.6) is 0 Å². The summed E-state index contributed by atoms with van der Waals surface area (Å²) in [7, 11) is -3.65. The van der Waals surface area contributed by atoms with E-state index in [4.69, 9.17) is 5.14 Å². The van der Waals surface area contributed by atoms with Gasteiger partial charge in [0.05, 0.1) is 33.0 Å². The van der Waals surface area contributed by atoms with Crippen molar-refractivity contribution >= 4 is 44.3 Å². The quantitative estimate of drug-likeness (QED) is 0.405. The second-order valence-corrected chi connectivity index (χ2v) is 11.3. The number of amides is 2. The van der Waals surface area contributed by atoms with E-state index < -0.39 is 15.9 Å². The lowest BCUT2D eigenvalue weighted by Gasteiger charge is -2.27. The number of fused-ring (bicyclic) bond motifs is 1. The lowest BCUT2D eigenvalue weighted by atomic mass is 9.88. The predicted molar refractivity (Wildman–Crippen MR) is 124 cm³/mol. The number of thiophene rings is 1. The minimum absolute atomic E-state index is 0.0521. The van der Waals surface area contributed by atoms with Crippen LogP contribution in [0, 0.1) is 5.41 Å². The number of aromatic nitrogens is 3. The highest BCUT2D eigenvalue weighted by Crippen LogP contribution is 2.28. The first-order valence-electron chi connectivity index (χ1n) is 9.89. The van der Waals surface area contributed by atoms with E-state index in [2.05, 4.69) is 25.6 Å². The Morgan fingerprint density at radius 2 is 1.97 bits per heavy atom. The van der Waals surface area contributed by atoms with E-state index >= 15 is 0 Å². The Kier molecular flexibility index (Phi) is 6.67. The number of sulfonamides is 1. The van der Waals surface area contributed by atoms with E-state index in [1.165, 1.54) is 11.3 Å². The maximum Gasteiger partial charge on any atom is 0.261 e. The fourth-order valence-corrected chi connectivity index (χ4v) is 3.93. The van der Waals surface area contributed by atoms with Crippen LogP contribution < -0.4 is 15.8 Å². The number of nitrogens with one attached hydrogen (secondary N) is 3. The van der Waals surface area contributed by atoms with E-state index in [1.807, 2.05) is 27.7 Å². The van der Waals surface area contributed by atoms with Gasteiger partial charge in [0.2, 0.25) is 10.0 Å². The molecule has 1 atom stereocenters. The van der Waals surface area contributed by atoms with Gasteiger partial charge in [0.15, 0.2) is 5.65 Å². The standard InChI is InChI=1S/C20H26N6O4S2/c1-11(20(2,3)4)25-18(27)12-9-23-17-16(12)26-13(10-24-17)14-5-6-15(31-14)19(28)22-7-8-32(21,29)30/h5-6,9-11H,7-8H2,1-4H3,(H,22,28)(H,23,24)(H,25,27)(H2,21,29,30)/t11-/m0/s1. The molecule has 0 aliphatic carbocycles. The van der Waals surface area contributed by atoms with E-state index in [0.29, 0.717) is 32.2 Å². The van der Waals surface area contributed by atoms with E-state index in [0.717, 1.165) is 0 Å². The van der Waals surface area contributed by atoms with Gasteiger partial charge in [0, 0.05) is 18.8 Å². The molecule has 0 saturated carbocycles. The number of primary sulfonamides is 1. The first-order valence-corrected chi connectivity index (χ1v) is 12.4. The average Bonchev–Trinajstić information content (AvgIpc) is 3.33. The summed E-state index contributed by atoms with van der Waals surface area (Å²) in [6.07, 6.45) is 3.14. The smallest absolute Gasteiger partial charge is 0.261 e. The van der Waals surface area contributed by atoms with Gasteiger partial charge < -0.3 is 15.6 Å². The van der Waals surface area contributed by atoms with Crippen LogP contribution in [0.25, 0.3) is 21.7 Å². The van der Waals surface area contributed by atoms with Crippen LogP contribution in [-0.4, -0.2) is 53.5 Å². The molecule has 3 rings (SSSR count). The van der Waals surface area contributed by atoms with Crippen molar-refractivity contribution in [2.75, 3.05) is 12.3 Å². The molecule has 0 unspecified atom stereocenters. The lowest BCUT2D eigenvalue weighted by Crippen LogP contribution is -2.41. The molecule has 0 aliphatic heterocycles. The van der Waals surface area contributed by atoms with Gasteiger partial charge >= 0.3 is 0 Å². The Morgan fingerprint density at radius 3 is 2.62 bits per heavy atom. The minimum Gasteiger partial charge on any atom is -0.350 e. The van der Waals surface area contributed by atoms with Crippen LogP contribution in [0.4, 0.5) is 0 Å². The zero-order valence-electron chi connectivity index (χ0n) is 18.2. The first kappa shape index (κ1) is 23.8. The van der Waals surface area contributed by atoms with Crippen LogP contribution in [0.3, 0.4) is 0 Å². The normalized spacial score (nSPS) is 13.2. The molecule has 3 heterocycles. The molecular weight excluding hydrogens is 452 g/mol. The van der Waals surface area contributed by atoms with Crippen molar-refractivity contribution in [3.05, 3.63) is 35.0 Å². The van der Waals surface area contributed by atoms with Crippen LogP contribution in [-0.2, 0) is 10.0 Å². The third-order valence-electron chi connectivity index (χ3n) is 5.03. The highest BCUT2D eigenvalue weighted by atomic mass is 32.2. The third-order valence-corrected chi connectivity index (χ3v) is 6.91. The van der Waals surface area contributed by atoms with Gasteiger partial charge in [-0.05, 0) is 24.5 Å². The van der Waals surface area contributed by atoms with E-state index in [-0.39, 0.29) is 29.7 Å². The number of nitrogens with two attached hydrogens (primary N) is 1. The zero-order valence-corrected chi connectivity index (χ0v) is 19.9. The molecule has 0 radical (unpaired) electrons. The number of hydrogen-bond donors (Lipinski definition) is 4. The fourth-order valence-electron chi connectivity index (χ4n) is 2.67. The van der Waals surface area contributed by atoms with Gasteiger partial charge in [-0.15, -0.1) is 11.3 Å². The van der Waals surface area contributed by atoms with E-state index in [9.17, 15) is 18.0 Å². The van der Waals surface area contributed by atoms with E-state index in [1.54, 1.807) is 24.5 Å². The molecule has 10 nitrogen and oxygen atoms in total. The number of hydrogen-bond acceptors (Lipinski definition) is 7. The molecule has 5 N–H and O–H groups in total. The molecule has 0 fully saturated rings. The van der Waals surface area contributed by atoms with Crippen molar-refractivity contribution in [3.8, 4) is 10.6 Å². The molecule has 32 heavy (non-hydrogen) atoms. The molecular formula is C20H26N6O4S2. The molecule has 12 heteroatoms. The summed E-state index contributed by atoms with van der Waals surface area (Å²) in [5.41, 5.74) is 1.74. The Bertz CT molecular complexity index is 1260. The highest BCUT2D eigenvalue weighted by molar-refractivity contribution is 7.89. The van der Waals surface area contributed by atoms with Crippen molar-refractivity contribution in [2.45, 2.75) is 33.7 Å². The van der Waals surface area contributed by atoms with Crippen molar-refractivity contribution in [2.24, 2.45) is 10.6 Å². The summed E-state index contributed by atoms with van der Waals surface area (Å²) in [6, 6.07) is 3.29. The highest BCUT2D eigenvalue weighted by Gasteiger charge is 2.24. The summed E-state index contributed by atoms with van der Waals surface area (Å²) in [5.74, 6) is -0.992. The second kappa shape index (κ2) is 8.96. The van der Waals surface area contributed by atoms with Crippen LogP contribution in [0.2, 0.25) is 0 Å². The number of aromatic amines is 1. The van der Waals surface area contributed by atoms with Crippen LogP contribution in [0.15, 0.2) is 24.5 Å². The van der Waals surface area contributed by atoms with Gasteiger partial charge in [-0.25, -0.2) is 23.5 Å². The van der Waals surface area contributed by atoms with Gasteiger partial charge in [0.1, 0.15) is 5.52 Å². The molecule has 0 aliphatic rings. The second-order valence-electron chi connectivity index (χ2n) is 8.50. The first-order chi connectivity index (χ1) is 14.8. The number of carbonyl (C=O) groups excluding carboxylic acids is 2. The molecule has 0 bridgehead atoms. The largest absolute Gasteiger partial charge is 0.350 e. The van der Waals surface area contributed by atoms with Crippen molar-refractivity contribution in [1.82, 2.24) is 25.6 Å². The topological polar surface area (TPSA) is 160 Å². The zero-order chi connectivity index (χ0) is 23.7. The monoisotopic (exact) mass is 478 g/mol. The number of carbonyl (C=O) groups is 2. The van der Waals surface area contributed by atoms with Crippen molar-refractivity contribution in [3.63, 3.8) is 0 Å². The Hall–Kier alpha value is -2.83. The van der Waals surface area contributed by atoms with Gasteiger partial charge in [-0.1, -0.05) is 20.8 Å². The van der Waals surface area contributed by atoms with Crippen LogP contribution >= 0.6 is 11.3 Å². The summed E-state index contributed by atoms with van der Waals surface area (Å²) < 4.78 is 22.0. The Labute approximate surface area is 190 Å². The van der Waals surface area contributed by atoms with Crippen molar-refractivity contribution < 1.29 is 18.0 Å². The van der Waals surface area contributed by atoms with Crippen molar-refractivity contribution in [1.29, 1.82) is 0 Å². The van der Waals surface area contributed by atoms with Gasteiger partial charge in [-0.3, -0.25) is 9.59 Å². The van der Waals surface area contributed by atoms with Gasteiger partial charge in [0.25, 0.3) is 11.8 Å². The molecule has 3 aromatic rings. The maximum absolute atomic E-state index is 12.8. The Morgan fingerprint density at radius 1 is 1.25 bits per heavy atom. The number of H-pyrrole nitrogens is 1. The Balaban J connectivity index is 1.80. The molecule has 0 saturated heterocycles. The number of nitrogens with zero attached hydrogens (tertiary/aromatic N) is 2. The predicted octanol–water partition coefficient (Wildman–Crippen LogP) is 1.87. The molecule has 2 amide bonds. The summed E-state index contributed by atoms with van der Waals surface area (Å²) >= 11 is 1.19. The summed E-state index contributed by atoms with van der Waals surface area (Å²) in [5, 5.41) is 10.4. The molecule has 0 aromatic carbocycles. The SMILES string of the molecule is C[C@H](NC(=O)c1c[nH]c2ncc(-c3ccc(C(=O)NCCS(N)(=O)=O)s3)nc12)C(C)(C)C. The molecule has 0 spiro atoms. The number of rotatable bonds is 7. The average molecular weight is 479 g/mol. The fraction of sp³-hybridized carbons (Fsp3) is 0.400. The molecule has 3 aromatic heterocycles.